The van der Waals surface area contributed by atoms with Crippen LogP contribution in [0, 0.1) is 0 Å². The summed E-state index contributed by atoms with van der Waals surface area (Å²) in [6, 6.07) is 0. The van der Waals surface area contributed by atoms with Gasteiger partial charge in [0.1, 0.15) is 0 Å². The Morgan fingerprint density at radius 2 is 2.00 bits per heavy atom. The molecule has 0 rings (SSSR count). The van der Waals surface area contributed by atoms with E-state index >= 15 is 0 Å². The Kier molecular flexibility index (Phi) is 8.66. The van der Waals surface area contributed by atoms with Gasteiger partial charge in [0.2, 0.25) is 10.0 Å². The van der Waals surface area contributed by atoms with Crippen LogP contribution in [0.2, 0.25) is 0 Å². The maximum Gasteiger partial charge on any atom is 0.212 e. The van der Waals surface area contributed by atoms with Gasteiger partial charge in [-0.05, 0) is 25.0 Å². The summed E-state index contributed by atoms with van der Waals surface area (Å²) in [6.07, 6.45) is 2.90. The van der Waals surface area contributed by atoms with E-state index in [1.54, 1.807) is 11.8 Å². The van der Waals surface area contributed by atoms with Gasteiger partial charge in [-0.3, -0.25) is 0 Å². The SMILES string of the molecule is CCNCCS(=O)(=O)NCCCSC. The van der Waals surface area contributed by atoms with Gasteiger partial charge in [0.25, 0.3) is 0 Å². The third-order valence-corrected chi connectivity index (χ3v) is 3.73. The molecule has 0 aromatic carbocycles. The number of rotatable bonds is 9. The third kappa shape index (κ3) is 8.80. The Morgan fingerprint density at radius 1 is 1.29 bits per heavy atom. The van der Waals surface area contributed by atoms with Gasteiger partial charge in [-0.25, -0.2) is 13.1 Å². The molecule has 0 aliphatic rings. The molecule has 4 nitrogen and oxygen atoms in total. The predicted molar refractivity (Wildman–Crippen MR) is 63.3 cm³/mol. The van der Waals surface area contributed by atoms with E-state index in [1.165, 1.54) is 0 Å². The molecule has 0 saturated carbocycles. The fourth-order valence-corrected chi connectivity index (χ4v) is 2.35. The van der Waals surface area contributed by atoms with Crippen molar-refractivity contribution in [3.05, 3.63) is 0 Å². The van der Waals surface area contributed by atoms with Crippen LogP contribution >= 0.6 is 11.8 Å². The molecule has 0 fully saturated rings. The molecule has 0 bridgehead atoms. The molecule has 0 atom stereocenters. The Balaban J connectivity index is 3.52. The Labute approximate surface area is 91.3 Å². The molecule has 6 heteroatoms. The number of thioether (sulfide) groups is 1. The van der Waals surface area contributed by atoms with Crippen molar-refractivity contribution in [1.29, 1.82) is 0 Å². The lowest BCUT2D eigenvalue weighted by Crippen LogP contribution is -2.32. The van der Waals surface area contributed by atoms with Crippen LogP contribution in [0.15, 0.2) is 0 Å². The van der Waals surface area contributed by atoms with Gasteiger partial charge in [0.15, 0.2) is 0 Å². The van der Waals surface area contributed by atoms with Crippen LogP contribution in [-0.4, -0.2) is 45.8 Å². The Bertz CT molecular complexity index is 217. The number of hydrogen-bond donors (Lipinski definition) is 2. The molecule has 0 aliphatic carbocycles. The first-order valence-electron chi connectivity index (χ1n) is 4.79. The van der Waals surface area contributed by atoms with E-state index in [1.807, 2.05) is 13.2 Å². The highest BCUT2D eigenvalue weighted by atomic mass is 32.2. The lowest BCUT2D eigenvalue weighted by Gasteiger charge is -2.06. The van der Waals surface area contributed by atoms with E-state index in [4.69, 9.17) is 0 Å². The molecule has 86 valence electrons. The molecule has 0 saturated heterocycles. The van der Waals surface area contributed by atoms with Crippen LogP contribution in [0.5, 0.6) is 0 Å². The average Bonchev–Trinajstić information content (AvgIpc) is 2.13. The van der Waals surface area contributed by atoms with E-state index in [0.717, 1.165) is 18.7 Å². The highest BCUT2D eigenvalue weighted by Gasteiger charge is 2.07. The first-order chi connectivity index (χ1) is 6.62. The molecule has 0 radical (unpaired) electrons. The first kappa shape index (κ1) is 14.2. The fraction of sp³-hybridized carbons (Fsp3) is 1.00. The first-order valence-corrected chi connectivity index (χ1v) is 7.84. The Hall–Kier alpha value is 0.220. The maximum absolute atomic E-state index is 11.3. The third-order valence-electron chi connectivity index (χ3n) is 1.64. The molecule has 0 spiro atoms. The summed E-state index contributed by atoms with van der Waals surface area (Å²) in [6.45, 7) is 3.84. The molecular weight excluding hydrogens is 220 g/mol. The van der Waals surface area contributed by atoms with Crippen molar-refractivity contribution in [1.82, 2.24) is 10.0 Å². The molecule has 0 aromatic rings. The summed E-state index contributed by atoms with van der Waals surface area (Å²) in [5.74, 6) is 1.16. The van der Waals surface area contributed by atoms with Crippen LogP contribution in [-0.2, 0) is 10.0 Å². The van der Waals surface area contributed by atoms with Gasteiger partial charge < -0.3 is 5.32 Å². The van der Waals surface area contributed by atoms with Gasteiger partial charge in [0, 0.05) is 13.1 Å². The zero-order valence-electron chi connectivity index (χ0n) is 8.88. The Morgan fingerprint density at radius 3 is 2.57 bits per heavy atom. The van der Waals surface area contributed by atoms with Crippen LogP contribution in [0.25, 0.3) is 0 Å². The van der Waals surface area contributed by atoms with Gasteiger partial charge in [-0.1, -0.05) is 6.92 Å². The van der Waals surface area contributed by atoms with E-state index < -0.39 is 10.0 Å². The zero-order chi connectivity index (χ0) is 10.9. The minimum Gasteiger partial charge on any atom is -0.316 e. The van der Waals surface area contributed by atoms with Crippen LogP contribution in [0.3, 0.4) is 0 Å². The zero-order valence-corrected chi connectivity index (χ0v) is 10.5. The summed E-state index contributed by atoms with van der Waals surface area (Å²) in [4.78, 5) is 0. The fourth-order valence-electron chi connectivity index (χ4n) is 0.900. The summed E-state index contributed by atoms with van der Waals surface area (Å²) in [5.41, 5.74) is 0. The minimum absolute atomic E-state index is 0.167. The standard InChI is InChI=1S/C8H20N2O2S2/c1-3-9-6-8-14(11,12)10-5-4-7-13-2/h9-10H,3-8H2,1-2H3. The number of sulfonamides is 1. The van der Waals surface area contributed by atoms with E-state index in [-0.39, 0.29) is 5.75 Å². The molecule has 14 heavy (non-hydrogen) atoms. The summed E-state index contributed by atoms with van der Waals surface area (Å²) in [7, 11) is -3.06. The van der Waals surface area contributed by atoms with Crippen molar-refractivity contribution in [2.45, 2.75) is 13.3 Å². The predicted octanol–water partition coefficient (Wildman–Crippen LogP) is 0.268. The topological polar surface area (TPSA) is 58.2 Å². The highest BCUT2D eigenvalue weighted by molar-refractivity contribution is 7.98. The van der Waals surface area contributed by atoms with Crippen molar-refractivity contribution >= 4 is 21.8 Å². The second-order valence-corrected chi connectivity index (χ2v) is 5.83. The molecule has 0 amide bonds. The minimum atomic E-state index is -3.06. The van der Waals surface area contributed by atoms with Crippen LogP contribution in [0.4, 0.5) is 0 Å². The van der Waals surface area contributed by atoms with E-state index in [2.05, 4.69) is 10.0 Å². The summed E-state index contributed by atoms with van der Waals surface area (Å²) < 4.78 is 25.2. The lowest BCUT2D eigenvalue weighted by atomic mass is 10.5. The molecule has 0 aromatic heterocycles. The summed E-state index contributed by atoms with van der Waals surface area (Å²) in [5, 5.41) is 2.98. The highest BCUT2D eigenvalue weighted by Crippen LogP contribution is 1.94. The van der Waals surface area contributed by atoms with Gasteiger partial charge in [0.05, 0.1) is 5.75 Å². The molecular formula is C8H20N2O2S2. The van der Waals surface area contributed by atoms with Crippen molar-refractivity contribution in [3.8, 4) is 0 Å². The average molecular weight is 240 g/mol. The molecule has 2 N–H and O–H groups in total. The maximum atomic E-state index is 11.3. The second kappa shape index (κ2) is 8.52. The summed E-state index contributed by atoms with van der Waals surface area (Å²) >= 11 is 1.73. The number of hydrogen-bond acceptors (Lipinski definition) is 4. The van der Waals surface area contributed by atoms with Crippen LogP contribution < -0.4 is 10.0 Å². The normalized spacial score (nSPS) is 11.9. The molecule has 0 unspecified atom stereocenters. The molecule has 0 aliphatic heterocycles. The van der Waals surface area contributed by atoms with Crippen molar-refractivity contribution in [2.75, 3.05) is 37.4 Å². The van der Waals surface area contributed by atoms with Crippen LogP contribution in [0.1, 0.15) is 13.3 Å². The van der Waals surface area contributed by atoms with E-state index in [9.17, 15) is 8.42 Å². The van der Waals surface area contributed by atoms with Crippen molar-refractivity contribution in [2.24, 2.45) is 0 Å². The smallest absolute Gasteiger partial charge is 0.212 e. The largest absolute Gasteiger partial charge is 0.316 e. The van der Waals surface area contributed by atoms with Crippen molar-refractivity contribution in [3.63, 3.8) is 0 Å². The second-order valence-electron chi connectivity index (χ2n) is 2.91. The van der Waals surface area contributed by atoms with Gasteiger partial charge >= 0.3 is 0 Å². The van der Waals surface area contributed by atoms with Gasteiger partial charge in [-0.15, -0.1) is 0 Å². The lowest BCUT2D eigenvalue weighted by molar-refractivity contribution is 0.577. The monoisotopic (exact) mass is 240 g/mol. The van der Waals surface area contributed by atoms with E-state index in [0.29, 0.717) is 13.1 Å². The van der Waals surface area contributed by atoms with Crippen molar-refractivity contribution < 1.29 is 8.42 Å². The molecule has 0 heterocycles. The van der Waals surface area contributed by atoms with Gasteiger partial charge in [-0.2, -0.15) is 11.8 Å². The quantitative estimate of drug-likeness (QED) is 0.568. The number of nitrogens with one attached hydrogen (secondary N) is 2.